The molecule has 5 rings (SSSR count). The van der Waals surface area contributed by atoms with Gasteiger partial charge in [-0.25, -0.2) is 0 Å². The number of pyridine rings is 1. The van der Waals surface area contributed by atoms with E-state index in [0.29, 0.717) is 11.8 Å². The topological polar surface area (TPSA) is 26.0 Å². The molecule has 1 aliphatic rings. The molecule has 0 radical (unpaired) electrons. The van der Waals surface area contributed by atoms with Gasteiger partial charge in [0.1, 0.15) is 11.3 Å². The molecule has 154 valence electrons. The molecule has 1 aliphatic carbocycles. The van der Waals surface area contributed by atoms with E-state index in [9.17, 15) is 0 Å². The Labute approximate surface area is 179 Å². The number of furan rings is 1. The highest BCUT2D eigenvalue weighted by atomic mass is 16.3. The molecular formula is C28H31NO. The zero-order valence-electron chi connectivity index (χ0n) is 18.6. The van der Waals surface area contributed by atoms with Gasteiger partial charge in [-0.3, -0.25) is 4.98 Å². The molecule has 0 amide bonds. The summed E-state index contributed by atoms with van der Waals surface area (Å²) in [5, 5.41) is 3.71. The molecule has 0 saturated heterocycles. The molecule has 0 atom stereocenters. The molecule has 30 heavy (non-hydrogen) atoms. The van der Waals surface area contributed by atoms with Gasteiger partial charge in [-0.15, -0.1) is 0 Å². The van der Waals surface area contributed by atoms with Crippen molar-refractivity contribution in [3.8, 4) is 11.3 Å². The van der Waals surface area contributed by atoms with Gasteiger partial charge in [0.05, 0.1) is 5.69 Å². The third-order valence-electron chi connectivity index (χ3n) is 6.86. The number of aryl methyl sites for hydroxylation is 2. The molecule has 0 aliphatic heterocycles. The zero-order chi connectivity index (χ0) is 20.8. The Morgan fingerprint density at radius 2 is 1.73 bits per heavy atom. The van der Waals surface area contributed by atoms with Gasteiger partial charge in [-0.1, -0.05) is 51.3 Å². The fourth-order valence-corrected chi connectivity index (χ4v) is 5.31. The van der Waals surface area contributed by atoms with E-state index in [4.69, 9.17) is 9.40 Å². The van der Waals surface area contributed by atoms with Crippen molar-refractivity contribution in [2.24, 2.45) is 0 Å². The summed E-state index contributed by atoms with van der Waals surface area (Å²) in [6.45, 7) is 8.73. The van der Waals surface area contributed by atoms with Crippen LogP contribution in [0.5, 0.6) is 0 Å². The molecule has 2 aromatic carbocycles. The lowest BCUT2D eigenvalue weighted by atomic mass is 9.83. The Kier molecular flexibility index (Phi) is 4.89. The molecule has 0 unspecified atom stereocenters. The molecule has 2 heteroatoms. The summed E-state index contributed by atoms with van der Waals surface area (Å²) in [4.78, 5) is 4.83. The number of rotatable bonds is 3. The lowest BCUT2D eigenvalue weighted by Crippen LogP contribution is -2.04. The number of nitrogens with zero attached hydrogens (tertiary/aromatic N) is 1. The van der Waals surface area contributed by atoms with Crippen LogP contribution in [0.1, 0.15) is 80.2 Å². The van der Waals surface area contributed by atoms with Crippen LogP contribution in [0.4, 0.5) is 0 Å². The summed E-state index contributed by atoms with van der Waals surface area (Å²) in [7, 11) is 0. The van der Waals surface area contributed by atoms with Crippen molar-refractivity contribution < 1.29 is 4.42 Å². The van der Waals surface area contributed by atoms with Crippen molar-refractivity contribution in [1.82, 2.24) is 4.98 Å². The van der Waals surface area contributed by atoms with Crippen LogP contribution in [0.2, 0.25) is 0 Å². The van der Waals surface area contributed by atoms with Crippen LogP contribution in [0.3, 0.4) is 0 Å². The van der Waals surface area contributed by atoms with Crippen LogP contribution >= 0.6 is 0 Å². The van der Waals surface area contributed by atoms with E-state index < -0.39 is 0 Å². The molecule has 1 fully saturated rings. The number of benzene rings is 2. The van der Waals surface area contributed by atoms with Crippen LogP contribution in [0, 0.1) is 13.8 Å². The van der Waals surface area contributed by atoms with Crippen molar-refractivity contribution >= 4 is 21.7 Å². The van der Waals surface area contributed by atoms with Crippen molar-refractivity contribution in [1.29, 1.82) is 0 Å². The average Bonchev–Trinajstić information content (AvgIpc) is 3.10. The minimum Gasteiger partial charge on any atom is -0.460 e. The van der Waals surface area contributed by atoms with E-state index in [0.717, 1.165) is 22.6 Å². The highest BCUT2D eigenvalue weighted by Gasteiger charge is 2.20. The summed E-state index contributed by atoms with van der Waals surface area (Å²) in [6.07, 6.45) is 8.72. The van der Waals surface area contributed by atoms with E-state index in [1.165, 1.54) is 65.0 Å². The van der Waals surface area contributed by atoms with Crippen LogP contribution < -0.4 is 0 Å². The summed E-state index contributed by atoms with van der Waals surface area (Å²) >= 11 is 0. The Morgan fingerprint density at radius 3 is 2.50 bits per heavy atom. The minimum atomic E-state index is 0.365. The average molecular weight is 398 g/mol. The SMILES string of the molecule is Cc1cc(-c2nccc3cc(C4CCCCC4)ccc23)c2oc(C(C)C)c(C)c2c1. The number of hydrogen-bond donors (Lipinski definition) is 0. The predicted octanol–water partition coefficient (Wildman–Crippen LogP) is 8.44. The standard InChI is InChI=1S/C28H31NO/c1-17(2)27-19(4)24-14-18(3)15-25(28(24)30-27)26-23-11-10-21(16-22(23)12-13-29-26)20-8-6-5-7-9-20/h10-17,20H,5-9H2,1-4H3. The lowest BCUT2D eigenvalue weighted by molar-refractivity contribution is 0.444. The molecule has 2 heterocycles. The van der Waals surface area contributed by atoms with Gasteiger partial charge in [0.25, 0.3) is 0 Å². The number of aromatic nitrogens is 1. The number of fused-ring (bicyclic) bond motifs is 2. The number of hydrogen-bond acceptors (Lipinski definition) is 2. The van der Waals surface area contributed by atoms with E-state index >= 15 is 0 Å². The van der Waals surface area contributed by atoms with E-state index in [1.807, 2.05) is 6.20 Å². The van der Waals surface area contributed by atoms with Gasteiger partial charge in [-0.05, 0) is 72.9 Å². The van der Waals surface area contributed by atoms with Crippen LogP contribution in [0.25, 0.3) is 33.0 Å². The first-order chi connectivity index (χ1) is 14.5. The van der Waals surface area contributed by atoms with Crippen LogP contribution in [0.15, 0.2) is 47.0 Å². The van der Waals surface area contributed by atoms with Gasteiger partial charge < -0.3 is 4.42 Å². The fourth-order valence-electron chi connectivity index (χ4n) is 5.31. The third kappa shape index (κ3) is 3.23. The van der Waals surface area contributed by atoms with Gasteiger partial charge in [0.15, 0.2) is 0 Å². The summed E-state index contributed by atoms with van der Waals surface area (Å²) in [6, 6.07) is 13.7. The minimum absolute atomic E-state index is 0.365. The maximum Gasteiger partial charge on any atom is 0.143 e. The lowest BCUT2D eigenvalue weighted by Gasteiger charge is -2.22. The van der Waals surface area contributed by atoms with Gasteiger partial charge in [0.2, 0.25) is 0 Å². The Hall–Kier alpha value is -2.61. The molecule has 2 aromatic heterocycles. The van der Waals surface area contributed by atoms with Gasteiger partial charge in [0, 0.05) is 28.5 Å². The summed E-state index contributed by atoms with van der Waals surface area (Å²) in [5.41, 5.74) is 7.10. The fraction of sp³-hybridized carbons (Fsp3) is 0.393. The van der Waals surface area contributed by atoms with Crippen LogP contribution in [-0.4, -0.2) is 4.98 Å². The second kappa shape index (κ2) is 7.58. The normalized spacial score (nSPS) is 15.5. The highest BCUT2D eigenvalue weighted by Crippen LogP contribution is 2.40. The van der Waals surface area contributed by atoms with Crippen molar-refractivity contribution in [3.05, 3.63) is 65.0 Å². The summed E-state index contributed by atoms with van der Waals surface area (Å²) in [5.74, 6) is 2.16. The molecule has 0 spiro atoms. The Balaban J connectivity index is 1.69. The second-order valence-electron chi connectivity index (χ2n) is 9.41. The summed E-state index contributed by atoms with van der Waals surface area (Å²) < 4.78 is 6.43. The molecule has 4 aromatic rings. The quantitative estimate of drug-likeness (QED) is 0.346. The Morgan fingerprint density at radius 1 is 0.933 bits per heavy atom. The first-order valence-electron chi connectivity index (χ1n) is 11.5. The molecular weight excluding hydrogens is 366 g/mol. The van der Waals surface area contributed by atoms with Gasteiger partial charge >= 0.3 is 0 Å². The molecule has 2 nitrogen and oxygen atoms in total. The monoisotopic (exact) mass is 397 g/mol. The molecule has 0 bridgehead atoms. The first-order valence-corrected chi connectivity index (χ1v) is 11.5. The highest BCUT2D eigenvalue weighted by molar-refractivity contribution is 6.03. The van der Waals surface area contributed by atoms with Crippen molar-refractivity contribution in [2.75, 3.05) is 0 Å². The Bertz CT molecular complexity index is 1220. The van der Waals surface area contributed by atoms with E-state index in [2.05, 4.69) is 64.1 Å². The third-order valence-corrected chi connectivity index (χ3v) is 6.86. The maximum atomic E-state index is 6.43. The van der Waals surface area contributed by atoms with Gasteiger partial charge in [-0.2, -0.15) is 0 Å². The van der Waals surface area contributed by atoms with Crippen LogP contribution in [-0.2, 0) is 0 Å². The molecule has 0 N–H and O–H groups in total. The van der Waals surface area contributed by atoms with E-state index in [-0.39, 0.29) is 0 Å². The zero-order valence-corrected chi connectivity index (χ0v) is 18.6. The van der Waals surface area contributed by atoms with Crippen molar-refractivity contribution in [3.63, 3.8) is 0 Å². The van der Waals surface area contributed by atoms with Crippen molar-refractivity contribution in [2.45, 2.75) is 71.6 Å². The predicted molar refractivity (Wildman–Crippen MR) is 126 cm³/mol. The maximum absolute atomic E-state index is 6.43. The smallest absolute Gasteiger partial charge is 0.143 e. The largest absolute Gasteiger partial charge is 0.460 e. The first kappa shape index (κ1) is 19.4. The molecule has 1 saturated carbocycles. The van der Waals surface area contributed by atoms with E-state index in [1.54, 1.807) is 0 Å². The second-order valence-corrected chi connectivity index (χ2v) is 9.41.